The van der Waals surface area contributed by atoms with Gasteiger partial charge in [-0.15, -0.1) is 0 Å². The normalized spacial score (nSPS) is 17.6. The summed E-state index contributed by atoms with van der Waals surface area (Å²) in [6, 6.07) is 2.66. The van der Waals surface area contributed by atoms with Gasteiger partial charge in [-0.25, -0.2) is 18.7 Å². The number of unbranched alkanes of at least 4 members (excludes halogenated alkanes) is 4. The molecule has 0 saturated heterocycles. The number of alkyl halides is 2. The number of pyridine rings is 1. The van der Waals surface area contributed by atoms with Crippen molar-refractivity contribution in [3.05, 3.63) is 42.2 Å². The summed E-state index contributed by atoms with van der Waals surface area (Å²) in [6.07, 6.45) is 6.65. The van der Waals surface area contributed by atoms with Crippen LogP contribution in [0.5, 0.6) is 0 Å². The fourth-order valence-electron chi connectivity index (χ4n) is 7.93. The smallest absolute Gasteiger partial charge is 0.325 e. The maximum Gasteiger partial charge on any atom is 0.325 e. The molecule has 0 spiro atoms. The van der Waals surface area contributed by atoms with Crippen LogP contribution in [0.1, 0.15) is 133 Å². The van der Waals surface area contributed by atoms with Gasteiger partial charge >= 0.3 is 29.8 Å². The summed E-state index contributed by atoms with van der Waals surface area (Å²) in [5.41, 5.74) is -5.78. The number of aromatic nitrogens is 4. The number of nitrogens with zero attached hydrogens (tertiary/aromatic N) is 4. The molecule has 3 aromatic rings. The Morgan fingerprint density at radius 1 is 0.828 bits per heavy atom. The number of rotatable bonds is 25. The molecule has 20 heteroatoms. The van der Waals surface area contributed by atoms with Crippen molar-refractivity contribution in [2.75, 3.05) is 43.6 Å². The first-order valence-electron chi connectivity index (χ1n) is 22.1. The summed E-state index contributed by atoms with van der Waals surface area (Å²) >= 11 is 0. The van der Waals surface area contributed by atoms with Gasteiger partial charge in [0.05, 0.1) is 44.1 Å². The van der Waals surface area contributed by atoms with Crippen molar-refractivity contribution < 1.29 is 66.0 Å². The number of hydrogen-bond donors (Lipinski definition) is 3. The number of ether oxygens (including phenoxy) is 4. The quantitative estimate of drug-likeness (QED) is 0.0326. The summed E-state index contributed by atoms with van der Waals surface area (Å²) in [5, 5.41) is 18.8. The molecule has 0 aliphatic heterocycles. The Morgan fingerprint density at radius 3 is 1.81 bits per heavy atom. The standard InChI is InChI=1S/C44H58F2N6O12/c1-5-9-19-60-39(56)43(40(57)61-20-10-6-2)32(44(43,41(58)62-21-11-7-3)42(59)63-22-12-8-4)24-48-33-23-28(17-18-47-33)37-50-31(26-64-37)36(53)49-30-25-52(51-34(30)35(45)46)29-15-13-27(14-16-29)38(54)55/h17-18,23,25-27,29,32,35H,5-16,19-22,24H2,1-4H3,(H,47,48)(H,49,53)(H,54,55). The first-order valence-corrected chi connectivity index (χ1v) is 22.1. The average molecular weight is 901 g/mol. The highest BCUT2D eigenvalue weighted by atomic mass is 19.3. The molecule has 3 aromatic heterocycles. The van der Waals surface area contributed by atoms with E-state index in [0.717, 1.165) is 6.26 Å². The van der Waals surface area contributed by atoms with E-state index < -0.39 is 70.5 Å². The molecule has 350 valence electrons. The Labute approximate surface area is 369 Å². The molecule has 0 atom stereocenters. The molecular weight excluding hydrogens is 843 g/mol. The topological polar surface area (TPSA) is 240 Å². The lowest BCUT2D eigenvalue weighted by Crippen LogP contribution is -2.44. The van der Waals surface area contributed by atoms with Gasteiger partial charge in [-0.2, -0.15) is 5.10 Å². The molecule has 0 bridgehead atoms. The first-order chi connectivity index (χ1) is 30.8. The van der Waals surface area contributed by atoms with Gasteiger partial charge < -0.3 is 39.1 Å². The van der Waals surface area contributed by atoms with E-state index in [9.17, 15) is 42.7 Å². The maximum absolute atomic E-state index is 14.3. The monoisotopic (exact) mass is 900 g/mol. The van der Waals surface area contributed by atoms with E-state index in [2.05, 4.69) is 25.7 Å². The number of oxazole rings is 1. The number of nitrogens with one attached hydrogen (secondary N) is 2. The summed E-state index contributed by atoms with van der Waals surface area (Å²) in [7, 11) is 0. The Balaban J connectivity index is 1.40. The number of anilines is 2. The fraction of sp³-hybridized carbons (Fsp3) is 0.614. The largest absolute Gasteiger partial charge is 0.481 e. The van der Waals surface area contributed by atoms with Crippen LogP contribution in [0.4, 0.5) is 20.3 Å². The average Bonchev–Trinajstić information content (AvgIpc) is 3.54. The van der Waals surface area contributed by atoms with E-state index in [1.807, 2.05) is 27.7 Å². The zero-order valence-corrected chi connectivity index (χ0v) is 36.7. The molecule has 3 N–H and O–H groups in total. The zero-order chi connectivity index (χ0) is 46.4. The van der Waals surface area contributed by atoms with E-state index in [-0.39, 0.29) is 62.1 Å². The highest BCUT2D eigenvalue weighted by Gasteiger charge is 2.95. The van der Waals surface area contributed by atoms with Crippen LogP contribution in [0, 0.1) is 22.7 Å². The van der Waals surface area contributed by atoms with Crippen LogP contribution in [0.25, 0.3) is 11.5 Å². The summed E-state index contributed by atoms with van der Waals surface area (Å²) in [4.78, 5) is 90.3. The van der Waals surface area contributed by atoms with Crippen molar-refractivity contribution in [2.24, 2.45) is 22.7 Å². The fourth-order valence-corrected chi connectivity index (χ4v) is 7.93. The van der Waals surface area contributed by atoms with Gasteiger partial charge in [-0.1, -0.05) is 53.4 Å². The van der Waals surface area contributed by atoms with Crippen molar-refractivity contribution in [1.29, 1.82) is 0 Å². The van der Waals surface area contributed by atoms with Gasteiger partial charge in [-0.05, 0) is 63.5 Å². The van der Waals surface area contributed by atoms with Gasteiger partial charge in [0, 0.05) is 30.4 Å². The van der Waals surface area contributed by atoms with Gasteiger partial charge in [0.1, 0.15) is 12.1 Å². The molecule has 2 saturated carbocycles. The van der Waals surface area contributed by atoms with Crippen molar-refractivity contribution in [2.45, 2.75) is 117 Å². The van der Waals surface area contributed by atoms with Crippen molar-refractivity contribution in [3.63, 3.8) is 0 Å². The van der Waals surface area contributed by atoms with Crippen molar-refractivity contribution in [1.82, 2.24) is 19.7 Å². The third kappa shape index (κ3) is 10.5. The first kappa shape index (κ1) is 49.1. The van der Waals surface area contributed by atoms with Crippen LogP contribution in [0.15, 0.2) is 35.2 Å². The van der Waals surface area contributed by atoms with Gasteiger partial charge in [0.15, 0.2) is 22.2 Å². The van der Waals surface area contributed by atoms with E-state index >= 15 is 0 Å². The molecule has 3 heterocycles. The van der Waals surface area contributed by atoms with Gasteiger partial charge in [-0.3, -0.25) is 33.4 Å². The molecule has 2 fully saturated rings. The van der Waals surface area contributed by atoms with Crippen LogP contribution in [0.2, 0.25) is 0 Å². The van der Waals surface area contributed by atoms with E-state index in [1.54, 1.807) is 0 Å². The third-order valence-electron chi connectivity index (χ3n) is 11.7. The lowest BCUT2D eigenvalue weighted by atomic mass is 9.86. The number of amides is 1. The molecule has 0 unspecified atom stereocenters. The second-order valence-corrected chi connectivity index (χ2v) is 16.0. The Hall–Kier alpha value is -5.95. The highest BCUT2D eigenvalue weighted by Crippen LogP contribution is 2.71. The number of halogens is 2. The number of esters is 4. The molecule has 1 amide bonds. The minimum atomic E-state index is -3.02. The Morgan fingerprint density at radius 2 is 1.34 bits per heavy atom. The van der Waals surface area contributed by atoms with Crippen molar-refractivity contribution in [3.8, 4) is 11.5 Å². The third-order valence-corrected chi connectivity index (χ3v) is 11.7. The van der Waals surface area contributed by atoms with Gasteiger partial charge in [0.2, 0.25) is 5.89 Å². The molecule has 2 aliphatic carbocycles. The molecule has 18 nitrogen and oxygen atoms in total. The molecule has 0 radical (unpaired) electrons. The van der Waals surface area contributed by atoms with Crippen LogP contribution in [-0.2, 0) is 42.9 Å². The summed E-state index contributed by atoms with van der Waals surface area (Å²) < 4.78 is 57.5. The predicted octanol–water partition coefficient (Wildman–Crippen LogP) is 7.33. The molecule has 2 aliphatic rings. The number of carbonyl (C=O) groups excluding carboxylic acids is 5. The predicted molar refractivity (Wildman–Crippen MR) is 224 cm³/mol. The maximum atomic E-state index is 14.3. The van der Waals surface area contributed by atoms with Crippen LogP contribution in [-0.4, -0.2) is 93.6 Å². The molecule has 64 heavy (non-hydrogen) atoms. The Kier molecular flexibility index (Phi) is 17.3. The summed E-state index contributed by atoms with van der Waals surface area (Å²) in [6.45, 7) is 6.81. The number of carboxylic acid groups (broad SMARTS) is 1. The molecular formula is C44H58F2N6O12. The van der Waals surface area contributed by atoms with Crippen LogP contribution in [0.3, 0.4) is 0 Å². The zero-order valence-electron chi connectivity index (χ0n) is 36.7. The SMILES string of the molecule is CCCCOC(=O)C1(C(=O)OCCCC)C(CNc2cc(-c3nc(C(=O)Nc4cn(C5CCC(C(=O)O)CC5)nc4C(F)F)co3)ccn2)C1(C(=O)OCCCC)C(=O)OCCCC. The molecule has 0 aromatic carbocycles. The number of hydrogen-bond acceptors (Lipinski definition) is 15. The summed E-state index contributed by atoms with van der Waals surface area (Å²) in [5.74, 6) is -8.09. The second-order valence-electron chi connectivity index (χ2n) is 16.0. The number of carboxylic acids is 1. The number of carbonyl (C=O) groups is 6. The van der Waals surface area contributed by atoms with E-state index in [1.165, 1.54) is 29.2 Å². The Bertz CT molecular complexity index is 2000. The molecule has 5 rings (SSSR count). The van der Waals surface area contributed by atoms with Crippen molar-refractivity contribution >= 4 is 47.3 Å². The highest BCUT2D eigenvalue weighted by molar-refractivity contribution is 6.22. The minimum absolute atomic E-state index is 0.0660. The lowest BCUT2D eigenvalue weighted by Gasteiger charge is -2.26. The second kappa shape index (κ2) is 22.6. The van der Waals surface area contributed by atoms with E-state index in [4.69, 9.17) is 23.4 Å². The van der Waals surface area contributed by atoms with E-state index in [0.29, 0.717) is 82.6 Å². The van der Waals surface area contributed by atoms with Crippen LogP contribution < -0.4 is 10.6 Å². The lowest BCUT2D eigenvalue weighted by molar-refractivity contribution is -0.180. The number of aliphatic carboxylic acids is 1. The van der Waals surface area contributed by atoms with Crippen LogP contribution >= 0.6 is 0 Å². The van der Waals surface area contributed by atoms with Gasteiger partial charge in [0.25, 0.3) is 12.3 Å². The minimum Gasteiger partial charge on any atom is -0.481 e.